The molecule has 0 bridgehead atoms. The number of nitrogens with two attached hydrogens (primary N) is 1. The van der Waals surface area contributed by atoms with Crippen LogP contribution in [-0.4, -0.2) is 20.6 Å². The van der Waals surface area contributed by atoms with E-state index in [1.807, 2.05) is 54.7 Å². The second-order valence-corrected chi connectivity index (χ2v) is 7.14. The number of hydrogen-bond acceptors (Lipinski definition) is 4. The monoisotopic (exact) mass is 405 g/mol. The van der Waals surface area contributed by atoms with Gasteiger partial charge < -0.3 is 14.5 Å². The average Bonchev–Trinajstić information content (AvgIpc) is 3.31. The molecule has 0 spiro atoms. The Bertz CT molecular complexity index is 938. The molecule has 0 amide bonds. The molecule has 0 fully saturated rings. The molecule has 6 nitrogen and oxygen atoms in total. The van der Waals surface area contributed by atoms with Crippen molar-refractivity contribution in [2.24, 2.45) is 5.90 Å². The third kappa shape index (κ3) is 5.81. The highest BCUT2D eigenvalue weighted by Gasteiger charge is 2.23. The molecule has 1 heterocycles. The number of hydrogen-bond donors (Lipinski definition) is 2. The molecule has 3 N–H and O–H groups in total. The summed E-state index contributed by atoms with van der Waals surface area (Å²) in [5.74, 6) is 5.61. The largest absolute Gasteiger partial charge is 0.481 e. The molecule has 0 aliphatic rings. The third-order valence-electron chi connectivity index (χ3n) is 5.06. The average molecular weight is 405 g/mol. The van der Waals surface area contributed by atoms with E-state index in [0.717, 1.165) is 17.6 Å². The summed E-state index contributed by atoms with van der Waals surface area (Å²) in [4.78, 5) is 20.5. The number of carboxylic acid groups (broad SMARTS) is 1. The van der Waals surface area contributed by atoms with Gasteiger partial charge >= 0.3 is 5.97 Å². The Balaban J connectivity index is 2.01. The zero-order valence-corrected chi connectivity index (χ0v) is 16.9. The second kappa shape index (κ2) is 11.0. The lowest BCUT2D eigenvalue weighted by Crippen LogP contribution is -2.17. The van der Waals surface area contributed by atoms with Crippen LogP contribution in [0.5, 0.6) is 0 Å². The number of carbonyl (C=O) groups is 1. The number of carboxylic acids is 1. The van der Waals surface area contributed by atoms with Gasteiger partial charge in [0.2, 0.25) is 0 Å². The van der Waals surface area contributed by atoms with Crippen molar-refractivity contribution in [1.82, 2.24) is 9.55 Å². The first kappa shape index (κ1) is 21.3. The van der Waals surface area contributed by atoms with Crippen molar-refractivity contribution in [2.75, 3.05) is 0 Å². The summed E-state index contributed by atoms with van der Waals surface area (Å²) in [6, 6.07) is 20.2. The van der Waals surface area contributed by atoms with Gasteiger partial charge in [0.05, 0.1) is 12.4 Å². The van der Waals surface area contributed by atoms with Crippen molar-refractivity contribution in [3.63, 3.8) is 0 Å². The molecule has 1 aromatic heterocycles. The van der Waals surface area contributed by atoms with Gasteiger partial charge in [0.1, 0.15) is 5.76 Å². The first-order valence-corrected chi connectivity index (χ1v) is 10.1. The van der Waals surface area contributed by atoms with Crippen LogP contribution in [0.15, 0.2) is 85.1 Å². The van der Waals surface area contributed by atoms with Crippen molar-refractivity contribution >= 4 is 11.5 Å². The molecule has 156 valence electrons. The highest BCUT2D eigenvalue weighted by Crippen LogP contribution is 2.35. The SMILES string of the molecule is NO/C(CCCCC(=O)O)=C(\c1ccccc1)C(Cc1ccccc1)n1ccnc1. The Morgan fingerprint density at radius 3 is 2.30 bits per heavy atom. The van der Waals surface area contributed by atoms with Crippen LogP contribution in [0, 0.1) is 0 Å². The Morgan fingerprint density at radius 2 is 1.70 bits per heavy atom. The number of allylic oxidation sites excluding steroid dienone is 2. The summed E-state index contributed by atoms with van der Waals surface area (Å²) < 4.78 is 2.06. The summed E-state index contributed by atoms with van der Waals surface area (Å²) in [5, 5.41) is 8.92. The minimum atomic E-state index is -0.794. The van der Waals surface area contributed by atoms with Crippen LogP contribution in [0.25, 0.3) is 5.57 Å². The molecule has 0 aliphatic heterocycles. The smallest absolute Gasteiger partial charge is 0.303 e. The zero-order chi connectivity index (χ0) is 21.2. The highest BCUT2D eigenvalue weighted by molar-refractivity contribution is 5.71. The van der Waals surface area contributed by atoms with E-state index in [2.05, 4.69) is 21.7 Å². The van der Waals surface area contributed by atoms with Gasteiger partial charge in [-0.25, -0.2) is 4.98 Å². The lowest BCUT2D eigenvalue weighted by atomic mass is 9.90. The van der Waals surface area contributed by atoms with Gasteiger partial charge in [0.15, 0.2) is 0 Å². The summed E-state index contributed by atoms with van der Waals surface area (Å²) in [5.41, 5.74) is 3.19. The maximum atomic E-state index is 10.9. The van der Waals surface area contributed by atoms with Gasteiger partial charge in [0, 0.05) is 30.8 Å². The lowest BCUT2D eigenvalue weighted by molar-refractivity contribution is -0.137. The van der Waals surface area contributed by atoms with Crippen molar-refractivity contribution in [1.29, 1.82) is 0 Å². The summed E-state index contributed by atoms with van der Waals surface area (Å²) >= 11 is 0. The number of rotatable bonds is 11. The van der Waals surface area contributed by atoms with Crippen LogP contribution < -0.4 is 5.90 Å². The minimum Gasteiger partial charge on any atom is -0.481 e. The van der Waals surface area contributed by atoms with Crippen LogP contribution in [-0.2, 0) is 16.1 Å². The van der Waals surface area contributed by atoms with E-state index in [0.29, 0.717) is 25.0 Å². The molecular formula is C24H27N3O3. The Morgan fingerprint density at radius 1 is 1.03 bits per heavy atom. The summed E-state index contributed by atoms with van der Waals surface area (Å²) in [6.07, 6.45) is 8.18. The summed E-state index contributed by atoms with van der Waals surface area (Å²) in [6.45, 7) is 0. The molecular weight excluding hydrogens is 378 g/mol. The fourth-order valence-corrected chi connectivity index (χ4v) is 3.62. The van der Waals surface area contributed by atoms with E-state index in [4.69, 9.17) is 15.8 Å². The van der Waals surface area contributed by atoms with Gasteiger partial charge in [-0.2, -0.15) is 5.90 Å². The zero-order valence-electron chi connectivity index (χ0n) is 16.9. The third-order valence-corrected chi connectivity index (χ3v) is 5.06. The standard InChI is InChI=1S/C24H27N3O3/c25-30-22(13-7-8-14-23(28)29)24(20-11-5-2-6-12-20)21(27-16-15-26-18-27)17-19-9-3-1-4-10-19/h1-6,9-12,15-16,18,21H,7-8,13-14,17,25H2,(H,28,29)/b24-22+. The molecule has 0 aliphatic carbocycles. The number of aliphatic carboxylic acids is 1. The lowest BCUT2D eigenvalue weighted by Gasteiger charge is -2.25. The Hall–Kier alpha value is -3.38. The molecule has 6 heteroatoms. The predicted octanol–water partition coefficient (Wildman–Crippen LogP) is 4.61. The maximum Gasteiger partial charge on any atom is 0.303 e. The first-order chi connectivity index (χ1) is 14.7. The van der Waals surface area contributed by atoms with Gasteiger partial charge in [-0.3, -0.25) is 4.79 Å². The molecule has 0 radical (unpaired) electrons. The van der Waals surface area contributed by atoms with Crippen molar-refractivity contribution in [3.8, 4) is 0 Å². The number of unbranched alkanes of at least 4 members (excludes halogenated alkanes) is 1. The summed E-state index contributed by atoms with van der Waals surface area (Å²) in [7, 11) is 0. The van der Waals surface area contributed by atoms with E-state index in [-0.39, 0.29) is 12.5 Å². The fraction of sp³-hybridized carbons (Fsp3) is 0.250. The molecule has 3 rings (SSSR count). The molecule has 3 aromatic rings. The van der Waals surface area contributed by atoms with Crippen LogP contribution >= 0.6 is 0 Å². The van der Waals surface area contributed by atoms with Crippen molar-refractivity contribution in [2.45, 2.75) is 38.1 Å². The molecule has 0 saturated carbocycles. The first-order valence-electron chi connectivity index (χ1n) is 10.1. The van der Waals surface area contributed by atoms with Gasteiger partial charge in [-0.15, -0.1) is 0 Å². The molecule has 30 heavy (non-hydrogen) atoms. The molecule has 1 atom stereocenters. The highest BCUT2D eigenvalue weighted by atomic mass is 16.6. The van der Waals surface area contributed by atoms with E-state index < -0.39 is 5.97 Å². The topological polar surface area (TPSA) is 90.4 Å². The van der Waals surface area contributed by atoms with Gasteiger partial charge in [-0.1, -0.05) is 60.7 Å². The van der Waals surface area contributed by atoms with Crippen LogP contribution in [0.1, 0.15) is 42.9 Å². The predicted molar refractivity (Wildman–Crippen MR) is 116 cm³/mol. The maximum absolute atomic E-state index is 10.9. The van der Waals surface area contributed by atoms with E-state index in [1.165, 1.54) is 5.56 Å². The number of nitrogens with zero attached hydrogens (tertiary/aromatic N) is 2. The van der Waals surface area contributed by atoms with E-state index in [9.17, 15) is 4.79 Å². The minimum absolute atomic E-state index is 0.0738. The van der Waals surface area contributed by atoms with Crippen LogP contribution in [0.2, 0.25) is 0 Å². The Labute approximate surface area is 176 Å². The molecule has 2 aromatic carbocycles. The van der Waals surface area contributed by atoms with Crippen molar-refractivity contribution in [3.05, 3.63) is 96.3 Å². The normalized spacial score (nSPS) is 12.8. The number of imidazole rings is 1. The van der Waals surface area contributed by atoms with Crippen LogP contribution in [0.3, 0.4) is 0 Å². The fourth-order valence-electron chi connectivity index (χ4n) is 3.62. The van der Waals surface area contributed by atoms with Gasteiger partial charge in [-0.05, 0) is 30.4 Å². The molecule has 0 saturated heterocycles. The van der Waals surface area contributed by atoms with Crippen LogP contribution in [0.4, 0.5) is 0 Å². The quantitative estimate of drug-likeness (QED) is 0.276. The number of benzene rings is 2. The molecule has 1 unspecified atom stereocenters. The van der Waals surface area contributed by atoms with Crippen molar-refractivity contribution < 1.29 is 14.7 Å². The van der Waals surface area contributed by atoms with E-state index >= 15 is 0 Å². The van der Waals surface area contributed by atoms with E-state index in [1.54, 1.807) is 12.5 Å². The second-order valence-electron chi connectivity index (χ2n) is 7.14. The number of aromatic nitrogens is 2. The Kier molecular flexibility index (Phi) is 7.80. The van der Waals surface area contributed by atoms with Gasteiger partial charge in [0.25, 0.3) is 0 Å².